The standard InChI is InChI=1S/C18H16N2O3S/c1-12-10-13(19-23-12)11-20(2)18(22)15-7-4-3-6-14(15)17(21)16-8-5-9-24-16/h3-10H,11H2,1-2H3. The van der Waals surface area contributed by atoms with Crippen molar-refractivity contribution < 1.29 is 14.1 Å². The van der Waals surface area contributed by atoms with Gasteiger partial charge in [0, 0.05) is 18.7 Å². The molecule has 2 heterocycles. The van der Waals surface area contributed by atoms with E-state index in [0.29, 0.717) is 34.0 Å². The van der Waals surface area contributed by atoms with E-state index in [1.807, 2.05) is 11.4 Å². The van der Waals surface area contributed by atoms with Crippen LogP contribution in [0, 0.1) is 6.92 Å². The summed E-state index contributed by atoms with van der Waals surface area (Å²) in [5.41, 5.74) is 1.47. The monoisotopic (exact) mass is 340 g/mol. The van der Waals surface area contributed by atoms with Crippen molar-refractivity contribution >= 4 is 23.0 Å². The fraction of sp³-hybridized carbons (Fsp3) is 0.167. The summed E-state index contributed by atoms with van der Waals surface area (Å²) in [4.78, 5) is 27.5. The predicted octanol–water partition coefficient (Wildman–Crippen LogP) is 3.55. The van der Waals surface area contributed by atoms with Crippen LogP contribution in [0.4, 0.5) is 0 Å². The Labute approximate surface area is 143 Å². The first kappa shape index (κ1) is 16.1. The second-order valence-electron chi connectivity index (χ2n) is 5.44. The smallest absolute Gasteiger partial charge is 0.254 e. The first-order valence-electron chi connectivity index (χ1n) is 7.41. The quantitative estimate of drug-likeness (QED) is 0.666. The van der Waals surface area contributed by atoms with Gasteiger partial charge in [0.1, 0.15) is 11.5 Å². The van der Waals surface area contributed by atoms with Gasteiger partial charge in [0.05, 0.1) is 17.0 Å². The van der Waals surface area contributed by atoms with Gasteiger partial charge >= 0.3 is 0 Å². The average Bonchev–Trinajstić information content (AvgIpc) is 3.25. The predicted molar refractivity (Wildman–Crippen MR) is 91.2 cm³/mol. The van der Waals surface area contributed by atoms with Crippen LogP contribution in [0.2, 0.25) is 0 Å². The fourth-order valence-electron chi connectivity index (χ4n) is 2.42. The molecule has 1 amide bonds. The second-order valence-corrected chi connectivity index (χ2v) is 6.39. The minimum Gasteiger partial charge on any atom is -0.361 e. The summed E-state index contributed by atoms with van der Waals surface area (Å²) in [6, 6.07) is 12.2. The van der Waals surface area contributed by atoms with Crippen molar-refractivity contribution in [1.82, 2.24) is 10.1 Å². The molecule has 0 saturated carbocycles. The fourth-order valence-corrected chi connectivity index (χ4v) is 3.10. The SMILES string of the molecule is Cc1cc(CN(C)C(=O)c2ccccc2C(=O)c2cccs2)no1. The zero-order valence-corrected chi connectivity index (χ0v) is 14.2. The van der Waals surface area contributed by atoms with Gasteiger partial charge in [-0.3, -0.25) is 9.59 Å². The van der Waals surface area contributed by atoms with Gasteiger partial charge in [-0.1, -0.05) is 29.4 Å². The summed E-state index contributed by atoms with van der Waals surface area (Å²) in [5, 5.41) is 5.74. The third kappa shape index (κ3) is 3.28. The largest absolute Gasteiger partial charge is 0.361 e. The van der Waals surface area contributed by atoms with Crippen molar-refractivity contribution in [3.8, 4) is 0 Å². The highest BCUT2D eigenvalue weighted by Gasteiger charge is 2.21. The van der Waals surface area contributed by atoms with Crippen LogP contribution in [-0.2, 0) is 6.54 Å². The van der Waals surface area contributed by atoms with Gasteiger partial charge in [-0.15, -0.1) is 11.3 Å². The zero-order valence-electron chi connectivity index (χ0n) is 13.4. The number of aryl methyl sites for hydroxylation is 1. The number of aromatic nitrogens is 1. The van der Waals surface area contributed by atoms with E-state index in [0.717, 1.165) is 0 Å². The van der Waals surface area contributed by atoms with Crippen LogP contribution in [-0.4, -0.2) is 28.8 Å². The molecular formula is C18H16N2O3S. The third-order valence-electron chi connectivity index (χ3n) is 3.57. The first-order chi connectivity index (χ1) is 11.6. The maximum absolute atomic E-state index is 12.8. The number of carbonyl (C=O) groups excluding carboxylic acids is 2. The molecule has 0 aliphatic carbocycles. The Morgan fingerprint density at radius 2 is 1.92 bits per heavy atom. The molecular weight excluding hydrogens is 324 g/mol. The number of ketones is 1. The molecule has 0 aliphatic heterocycles. The lowest BCUT2D eigenvalue weighted by molar-refractivity contribution is 0.0777. The topological polar surface area (TPSA) is 63.4 Å². The molecule has 0 N–H and O–H groups in total. The van der Waals surface area contributed by atoms with E-state index in [2.05, 4.69) is 5.16 Å². The molecule has 0 bridgehead atoms. The number of hydrogen-bond acceptors (Lipinski definition) is 5. The Bertz CT molecular complexity index is 868. The van der Waals surface area contributed by atoms with Gasteiger partial charge in [-0.05, 0) is 24.4 Å². The van der Waals surface area contributed by atoms with Crippen molar-refractivity contribution in [2.45, 2.75) is 13.5 Å². The van der Waals surface area contributed by atoms with Gasteiger partial charge in [0.25, 0.3) is 5.91 Å². The summed E-state index contributed by atoms with van der Waals surface area (Å²) < 4.78 is 5.02. The number of nitrogens with zero attached hydrogens (tertiary/aromatic N) is 2. The Kier molecular flexibility index (Phi) is 4.57. The third-order valence-corrected chi connectivity index (χ3v) is 4.44. The van der Waals surface area contributed by atoms with Crippen LogP contribution >= 0.6 is 11.3 Å². The molecule has 0 atom stereocenters. The van der Waals surface area contributed by atoms with Gasteiger partial charge < -0.3 is 9.42 Å². The van der Waals surface area contributed by atoms with E-state index in [9.17, 15) is 9.59 Å². The Morgan fingerprint density at radius 3 is 2.54 bits per heavy atom. The molecule has 2 aromatic heterocycles. The molecule has 1 aromatic carbocycles. The Hall–Kier alpha value is -2.73. The van der Waals surface area contributed by atoms with Crippen LogP contribution in [0.25, 0.3) is 0 Å². The van der Waals surface area contributed by atoms with Crippen molar-refractivity contribution in [2.24, 2.45) is 0 Å². The molecule has 0 unspecified atom stereocenters. The van der Waals surface area contributed by atoms with Crippen molar-refractivity contribution in [1.29, 1.82) is 0 Å². The maximum Gasteiger partial charge on any atom is 0.254 e. The van der Waals surface area contributed by atoms with Crippen LogP contribution in [0.1, 0.15) is 37.0 Å². The first-order valence-corrected chi connectivity index (χ1v) is 8.29. The number of thiophene rings is 1. The number of benzene rings is 1. The molecule has 24 heavy (non-hydrogen) atoms. The number of amides is 1. The maximum atomic E-state index is 12.8. The average molecular weight is 340 g/mol. The summed E-state index contributed by atoms with van der Waals surface area (Å²) in [6.45, 7) is 2.12. The minimum absolute atomic E-state index is 0.139. The van der Waals surface area contributed by atoms with E-state index >= 15 is 0 Å². The summed E-state index contributed by atoms with van der Waals surface area (Å²) in [5.74, 6) is 0.329. The number of carbonyl (C=O) groups is 2. The number of rotatable bonds is 5. The molecule has 0 fully saturated rings. The zero-order chi connectivity index (χ0) is 17.1. The molecule has 5 nitrogen and oxygen atoms in total. The van der Waals surface area contributed by atoms with Crippen LogP contribution < -0.4 is 0 Å². The van der Waals surface area contributed by atoms with E-state index in [4.69, 9.17) is 4.52 Å². The lowest BCUT2D eigenvalue weighted by atomic mass is 10.0. The molecule has 0 aliphatic rings. The Morgan fingerprint density at radius 1 is 1.17 bits per heavy atom. The molecule has 122 valence electrons. The second kappa shape index (κ2) is 6.80. The van der Waals surface area contributed by atoms with Gasteiger partial charge in [0.15, 0.2) is 0 Å². The normalized spacial score (nSPS) is 10.6. The summed E-state index contributed by atoms with van der Waals surface area (Å²) in [7, 11) is 1.68. The summed E-state index contributed by atoms with van der Waals surface area (Å²) in [6.07, 6.45) is 0. The summed E-state index contributed by atoms with van der Waals surface area (Å²) >= 11 is 1.36. The molecule has 0 saturated heterocycles. The molecule has 0 spiro atoms. The highest BCUT2D eigenvalue weighted by molar-refractivity contribution is 7.12. The van der Waals surface area contributed by atoms with E-state index in [1.165, 1.54) is 16.2 Å². The minimum atomic E-state index is -0.226. The van der Waals surface area contributed by atoms with Gasteiger partial charge in [0.2, 0.25) is 5.78 Å². The van der Waals surface area contributed by atoms with Crippen LogP contribution in [0.3, 0.4) is 0 Å². The lowest BCUT2D eigenvalue weighted by Crippen LogP contribution is -2.28. The van der Waals surface area contributed by atoms with Crippen LogP contribution in [0.15, 0.2) is 52.4 Å². The lowest BCUT2D eigenvalue weighted by Gasteiger charge is -2.17. The van der Waals surface area contributed by atoms with Gasteiger partial charge in [-0.25, -0.2) is 0 Å². The van der Waals surface area contributed by atoms with Gasteiger partial charge in [-0.2, -0.15) is 0 Å². The van der Waals surface area contributed by atoms with Crippen molar-refractivity contribution in [3.63, 3.8) is 0 Å². The molecule has 0 radical (unpaired) electrons. The van der Waals surface area contributed by atoms with E-state index in [-0.39, 0.29) is 11.7 Å². The highest BCUT2D eigenvalue weighted by Crippen LogP contribution is 2.20. The number of hydrogen-bond donors (Lipinski definition) is 0. The molecule has 3 rings (SSSR count). The van der Waals surface area contributed by atoms with Crippen molar-refractivity contribution in [2.75, 3.05) is 7.05 Å². The molecule has 3 aromatic rings. The Balaban J connectivity index is 1.86. The van der Waals surface area contributed by atoms with E-state index in [1.54, 1.807) is 50.4 Å². The van der Waals surface area contributed by atoms with E-state index < -0.39 is 0 Å². The molecule has 6 heteroatoms. The highest BCUT2D eigenvalue weighted by atomic mass is 32.1. The van der Waals surface area contributed by atoms with Crippen molar-refractivity contribution in [3.05, 3.63) is 75.3 Å². The van der Waals surface area contributed by atoms with Crippen LogP contribution in [0.5, 0.6) is 0 Å².